The molecule has 0 saturated carbocycles. The number of fused-ring (bicyclic) bond motifs is 1. The summed E-state index contributed by atoms with van der Waals surface area (Å²) >= 11 is 0. The zero-order chi connectivity index (χ0) is 22.0. The molecule has 0 unspecified atom stereocenters. The minimum Gasteiger partial charge on any atom is -0.463 e. The van der Waals surface area contributed by atoms with Gasteiger partial charge in [0.2, 0.25) is 0 Å². The van der Waals surface area contributed by atoms with Crippen molar-refractivity contribution >= 4 is 5.65 Å². The molecule has 12 heteroatoms. The van der Waals surface area contributed by atoms with Gasteiger partial charge in [-0.1, -0.05) is 12.1 Å². The summed E-state index contributed by atoms with van der Waals surface area (Å²) in [6.07, 6.45) is -1.93. The number of alkyl halides is 3. The third kappa shape index (κ3) is 4.74. The summed E-state index contributed by atoms with van der Waals surface area (Å²) < 4.78 is 48.6. The molecule has 1 N–H and O–H groups in total. The number of hydrogen-bond donors (Lipinski definition) is 1. The highest BCUT2D eigenvalue weighted by Gasteiger charge is 2.30. The standard InChI is InChI=1S/C19H14F3N5O4/c20-19(21,22)31-14-4-1-12(2-5-14)13-3-6-15-25-27(18(29)26(15)11-13)9-10-30-17-23-8-7-16(28)24-17/h1-8,11H,9-10H2,(H,23,24,28). The summed E-state index contributed by atoms with van der Waals surface area (Å²) in [5.74, 6) is -0.337. The van der Waals surface area contributed by atoms with Crippen molar-refractivity contribution in [3.8, 4) is 22.9 Å². The molecule has 3 heterocycles. The number of aromatic amines is 1. The Labute approximate surface area is 171 Å². The first-order valence-corrected chi connectivity index (χ1v) is 8.92. The molecular weight excluding hydrogens is 419 g/mol. The van der Waals surface area contributed by atoms with E-state index in [9.17, 15) is 22.8 Å². The molecular formula is C19H14F3N5O4. The van der Waals surface area contributed by atoms with Crippen molar-refractivity contribution in [2.45, 2.75) is 12.9 Å². The molecule has 4 rings (SSSR count). The summed E-state index contributed by atoms with van der Waals surface area (Å²) in [6.45, 7) is 0.155. The van der Waals surface area contributed by atoms with E-state index < -0.39 is 12.1 Å². The molecule has 0 bridgehead atoms. The van der Waals surface area contributed by atoms with Crippen LogP contribution in [0.15, 0.2) is 64.4 Å². The minimum absolute atomic E-state index is 0.0320. The van der Waals surface area contributed by atoms with Crippen LogP contribution in [-0.4, -0.2) is 37.1 Å². The SMILES string of the molecule is O=c1ccnc(OCCn2nc3ccc(-c4ccc(OC(F)(F)F)cc4)cn3c2=O)[nH]1. The molecule has 0 saturated heterocycles. The summed E-state index contributed by atoms with van der Waals surface area (Å²) in [4.78, 5) is 30.1. The number of hydrogen-bond acceptors (Lipinski definition) is 6. The molecule has 0 radical (unpaired) electrons. The van der Waals surface area contributed by atoms with Gasteiger partial charge in [-0.05, 0) is 35.4 Å². The van der Waals surface area contributed by atoms with E-state index in [0.717, 1.165) is 0 Å². The Hall–Kier alpha value is -4.09. The number of halogens is 3. The van der Waals surface area contributed by atoms with Crippen LogP contribution in [0.25, 0.3) is 16.8 Å². The fraction of sp³-hybridized carbons (Fsp3) is 0.158. The van der Waals surface area contributed by atoms with Crippen LogP contribution in [0, 0.1) is 0 Å². The predicted molar refractivity (Wildman–Crippen MR) is 102 cm³/mol. The number of H-pyrrole nitrogens is 1. The highest BCUT2D eigenvalue weighted by molar-refractivity contribution is 5.65. The lowest BCUT2D eigenvalue weighted by Gasteiger charge is -2.09. The molecule has 0 fully saturated rings. The first-order chi connectivity index (χ1) is 14.8. The first-order valence-electron chi connectivity index (χ1n) is 8.92. The van der Waals surface area contributed by atoms with Crippen molar-refractivity contribution in [1.82, 2.24) is 24.1 Å². The van der Waals surface area contributed by atoms with Crippen LogP contribution in [0.4, 0.5) is 13.2 Å². The Kier molecular flexibility index (Phi) is 5.19. The molecule has 0 amide bonds. The van der Waals surface area contributed by atoms with Gasteiger partial charge in [0.1, 0.15) is 12.4 Å². The van der Waals surface area contributed by atoms with Crippen LogP contribution in [0.2, 0.25) is 0 Å². The molecule has 9 nitrogen and oxygen atoms in total. The number of nitrogens with zero attached hydrogens (tertiary/aromatic N) is 4. The van der Waals surface area contributed by atoms with E-state index in [1.165, 1.54) is 51.8 Å². The molecule has 31 heavy (non-hydrogen) atoms. The van der Waals surface area contributed by atoms with Gasteiger partial charge >= 0.3 is 12.1 Å². The molecule has 0 spiro atoms. The topological polar surface area (TPSA) is 104 Å². The van der Waals surface area contributed by atoms with Crippen molar-refractivity contribution in [3.63, 3.8) is 0 Å². The zero-order valence-corrected chi connectivity index (χ0v) is 15.7. The van der Waals surface area contributed by atoms with Crippen LogP contribution in [0.1, 0.15) is 0 Å². The molecule has 0 aliphatic carbocycles. The Morgan fingerprint density at radius 2 is 1.74 bits per heavy atom. The lowest BCUT2D eigenvalue weighted by molar-refractivity contribution is -0.274. The van der Waals surface area contributed by atoms with Gasteiger partial charge in [0.05, 0.1) is 6.54 Å². The number of pyridine rings is 1. The second-order valence-corrected chi connectivity index (χ2v) is 6.31. The number of benzene rings is 1. The molecule has 1 aromatic carbocycles. The van der Waals surface area contributed by atoms with E-state index in [-0.39, 0.29) is 30.5 Å². The normalized spacial score (nSPS) is 11.6. The fourth-order valence-electron chi connectivity index (χ4n) is 2.84. The number of nitrogens with one attached hydrogen (secondary N) is 1. The summed E-state index contributed by atoms with van der Waals surface area (Å²) in [5.41, 5.74) is 0.804. The largest absolute Gasteiger partial charge is 0.573 e. The van der Waals surface area contributed by atoms with E-state index in [2.05, 4.69) is 19.8 Å². The Morgan fingerprint density at radius 3 is 2.45 bits per heavy atom. The van der Waals surface area contributed by atoms with E-state index in [1.807, 2.05) is 0 Å². The Bertz CT molecular complexity index is 1330. The van der Waals surface area contributed by atoms with Crippen molar-refractivity contribution in [3.05, 3.63) is 75.7 Å². The number of aromatic nitrogens is 5. The predicted octanol–water partition coefficient (Wildman–Crippen LogP) is 2.22. The lowest BCUT2D eigenvalue weighted by atomic mass is 10.1. The minimum atomic E-state index is -4.77. The first kappa shape index (κ1) is 20.2. The Balaban J connectivity index is 1.51. The van der Waals surface area contributed by atoms with Gasteiger partial charge in [0.25, 0.3) is 11.6 Å². The van der Waals surface area contributed by atoms with Gasteiger partial charge in [0.15, 0.2) is 5.65 Å². The highest BCUT2D eigenvalue weighted by atomic mass is 19.4. The molecule has 0 atom stereocenters. The van der Waals surface area contributed by atoms with Crippen LogP contribution in [0.3, 0.4) is 0 Å². The zero-order valence-electron chi connectivity index (χ0n) is 15.7. The van der Waals surface area contributed by atoms with Gasteiger partial charge in [0, 0.05) is 18.5 Å². The third-order valence-electron chi connectivity index (χ3n) is 4.19. The van der Waals surface area contributed by atoms with E-state index in [1.54, 1.807) is 12.1 Å². The number of ether oxygens (including phenoxy) is 2. The maximum atomic E-state index is 12.6. The van der Waals surface area contributed by atoms with Crippen LogP contribution in [-0.2, 0) is 6.54 Å². The second kappa shape index (κ2) is 7.97. The lowest BCUT2D eigenvalue weighted by Crippen LogP contribution is -2.24. The molecule has 4 aromatic rings. The molecule has 0 aliphatic heterocycles. The van der Waals surface area contributed by atoms with Crippen molar-refractivity contribution < 1.29 is 22.6 Å². The average Bonchev–Trinajstić information content (AvgIpc) is 3.03. The molecule has 160 valence electrons. The molecule has 3 aromatic heterocycles. The highest BCUT2D eigenvalue weighted by Crippen LogP contribution is 2.26. The second-order valence-electron chi connectivity index (χ2n) is 6.31. The van der Waals surface area contributed by atoms with Gasteiger partial charge < -0.3 is 9.47 Å². The Morgan fingerprint density at radius 1 is 1.00 bits per heavy atom. The van der Waals surface area contributed by atoms with Crippen LogP contribution < -0.4 is 20.7 Å². The van der Waals surface area contributed by atoms with Crippen molar-refractivity contribution in [2.24, 2.45) is 0 Å². The molecule has 0 aliphatic rings. The van der Waals surface area contributed by atoms with E-state index >= 15 is 0 Å². The summed E-state index contributed by atoms with van der Waals surface area (Å²) in [6, 6.07) is 9.89. The van der Waals surface area contributed by atoms with Crippen LogP contribution in [0.5, 0.6) is 11.8 Å². The van der Waals surface area contributed by atoms with Crippen LogP contribution >= 0.6 is 0 Å². The van der Waals surface area contributed by atoms with E-state index in [4.69, 9.17) is 4.74 Å². The quantitative estimate of drug-likeness (QED) is 0.500. The third-order valence-corrected chi connectivity index (χ3v) is 4.19. The number of rotatable bonds is 6. The van der Waals surface area contributed by atoms with Gasteiger partial charge in [-0.15, -0.1) is 18.3 Å². The van der Waals surface area contributed by atoms with Crippen molar-refractivity contribution in [2.75, 3.05) is 6.61 Å². The summed E-state index contributed by atoms with van der Waals surface area (Å²) in [5, 5.41) is 4.20. The van der Waals surface area contributed by atoms with Gasteiger partial charge in [-0.25, -0.2) is 18.9 Å². The fourth-order valence-corrected chi connectivity index (χ4v) is 2.84. The average molecular weight is 433 g/mol. The van der Waals surface area contributed by atoms with Crippen molar-refractivity contribution in [1.29, 1.82) is 0 Å². The maximum Gasteiger partial charge on any atom is 0.573 e. The maximum absolute atomic E-state index is 12.6. The van der Waals surface area contributed by atoms with Gasteiger partial charge in [-0.3, -0.25) is 9.78 Å². The van der Waals surface area contributed by atoms with E-state index in [0.29, 0.717) is 16.8 Å². The monoisotopic (exact) mass is 433 g/mol. The van der Waals surface area contributed by atoms with Gasteiger partial charge in [-0.2, -0.15) is 0 Å². The summed E-state index contributed by atoms with van der Waals surface area (Å²) in [7, 11) is 0. The smallest absolute Gasteiger partial charge is 0.463 e.